The molecule has 2 aromatic heterocycles. The van der Waals surface area contributed by atoms with Crippen LogP contribution in [-0.4, -0.2) is 22.7 Å². The lowest BCUT2D eigenvalue weighted by atomic mass is 10.1. The standard InChI is InChI=1S/C15H16N2O2S/c1-10-6-8-20-14(10)15(19)17-11(2)9-13(18)12-5-3-4-7-16-12/h3-8,11H,9H2,1-2H3,(H,17,19). The van der Waals surface area contributed by atoms with Gasteiger partial charge in [0.05, 0.1) is 4.88 Å². The minimum absolute atomic E-state index is 0.0682. The number of Topliss-reactive ketones (excluding diaryl/α,β-unsaturated/α-hetero) is 1. The molecule has 2 heterocycles. The van der Waals surface area contributed by atoms with Crippen LogP contribution in [0.3, 0.4) is 0 Å². The Morgan fingerprint density at radius 2 is 2.15 bits per heavy atom. The van der Waals surface area contributed by atoms with Crippen molar-refractivity contribution in [2.75, 3.05) is 0 Å². The highest BCUT2D eigenvalue weighted by atomic mass is 32.1. The monoisotopic (exact) mass is 288 g/mol. The van der Waals surface area contributed by atoms with E-state index < -0.39 is 0 Å². The van der Waals surface area contributed by atoms with E-state index in [0.29, 0.717) is 10.6 Å². The Bertz CT molecular complexity index is 607. The van der Waals surface area contributed by atoms with Crippen LogP contribution in [0.5, 0.6) is 0 Å². The largest absolute Gasteiger partial charge is 0.348 e. The van der Waals surface area contributed by atoms with Gasteiger partial charge in [-0.15, -0.1) is 11.3 Å². The first-order valence-corrected chi connectivity index (χ1v) is 7.25. The minimum atomic E-state index is -0.224. The van der Waals surface area contributed by atoms with Gasteiger partial charge in [0.15, 0.2) is 5.78 Å². The Hall–Kier alpha value is -2.01. The molecule has 5 heteroatoms. The van der Waals surface area contributed by atoms with Crippen LogP contribution >= 0.6 is 11.3 Å². The van der Waals surface area contributed by atoms with E-state index in [1.165, 1.54) is 11.3 Å². The van der Waals surface area contributed by atoms with Crippen molar-refractivity contribution in [1.29, 1.82) is 0 Å². The highest BCUT2D eigenvalue weighted by Gasteiger charge is 2.16. The minimum Gasteiger partial charge on any atom is -0.348 e. The molecule has 1 unspecified atom stereocenters. The second-order valence-corrected chi connectivity index (χ2v) is 5.57. The van der Waals surface area contributed by atoms with E-state index in [0.717, 1.165) is 5.56 Å². The number of thiophene rings is 1. The predicted molar refractivity (Wildman–Crippen MR) is 79.2 cm³/mol. The number of nitrogens with zero attached hydrogens (tertiary/aromatic N) is 1. The Morgan fingerprint density at radius 3 is 2.75 bits per heavy atom. The van der Waals surface area contributed by atoms with Gasteiger partial charge in [0.1, 0.15) is 5.69 Å². The number of aromatic nitrogens is 1. The molecule has 0 radical (unpaired) electrons. The number of rotatable bonds is 5. The smallest absolute Gasteiger partial charge is 0.261 e. The summed E-state index contributed by atoms with van der Waals surface area (Å²) in [7, 11) is 0. The van der Waals surface area contributed by atoms with Gasteiger partial charge < -0.3 is 5.32 Å². The van der Waals surface area contributed by atoms with E-state index in [-0.39, 0.29) is 24.2 Å². The molecular weight excluding hydrogens is 272 g/mol. The fourth-order valence-electron chi connectivity index (χ4n) is 1.86. The van der Waals surface area contributed by atoms with Gasteiger partial charge >= 0.3 is 0 Å². The number of hydrogen-bond acceptors (Lipinski definition) is 4. The molecule has 1 N–H and O–H groups in total. The van der Waals surface area contributed by atoms with Gasteiger partial charge in [0.25, 0.3) is 5.91 Å². The molecule has 20 heavy (non-hydrogen) atoms. The Kier molecular flexibility index (Phi) is 4.63. The highest BCUT2D eigenvalue weighted by molar-refractivity contribution is 7.12. The molecule has 0 bridgehead atoms. The number of amides is 1. The predicted octanol–water partition coefficient (Wildman–Crippen LogP) is 2.84. The molecule has 0 aliphatic rings. The van der Waals surface area contributed by atoms with Crippen molar-refractivity contribution < 1.29 is 9.59 Å². The molecule has 4 nitrogen and oxygen atoms in total. The van der Waals surface area contributed by atoms with Crippen molar-refractivity contribution in [3.63, 3.8) is 0 Å². The van der Waals surface area contributed by atoms with Gasteiger partial charge in [-0.2, -0.15) is 0 Å². The second-order valence-electron chi connectivity index (χ2n) is 4.65. The van der Waals surface area contributed by atoms with Crippen LogP contribution in [0.4, 0.5) is 0 Å². The second kappa shape index (κ2) is 6.43. The molecule has 1 amide bonds. The number of carbonyl (C=O) groups is 2. The van der Waals surface area contributed by atoms with E-state index in [4.69, 9.17) is 0 Å². The lowest BCUT2D eigenvalue weighted by Gasteiger charge is -2.12. The molecule has 0 fully saturated rings. The summed E-state index contributed by atoms with van der Waals surface area (Å²) >= 11 is 1.41. The Labute approximate surface area is 121 Å². The summed E-state index contributed by atoms with van der Waals surface area (Å²) in [5, 5.41) is 4.73. The molecule has 104 valence electrons. The Balaban J connectivity index is 1.93. The summed E-state index contributed by atoms with van der Waals surface area (Å²) in [6.07, 6.45) is 1.83. The SMILES string of the molecule is Cc1ccsc1C(=O)NC(C)CC(=O)c1ccccn1. The third-order valence-corrected chi connectivity index (χ3v) is 3.90. The first kappa shape index (κ1) is 14.4. The van der Waals surface area contributed by atoms with Gasteiger partial charge in [-0.25, -0.2) is 0 Å². The van der Waals surface area contributed by atoms with Crippen LogP contribution in [0.2, 0.25) is 0 Å². The van der Waals surface area contributed by atoms with Crippen LogP contribution in [-0.2, 0) is 0 Å². The zero-order chi connectivity index (χ0) is 14.5. The van der Waals surface area contributed by atoms with Crippen molar-refractivity contribution in [1.82, 2.24) is 10.3 Å². The van der Waals surface area contributed by atoms with Crippen LogP contribution in [0.25, 0.3) is 0 Å². The summed E-state index contributed by atoms with van der Waals surface area (Å²) in [6.45, 7) is 3.72. The molecule has 0 aliphatic carbocycles. The van der Waals surface area contributed by atoms with Gasteiger partial charge in [-0.1, -0.05) is 6.07 Å². The average Bonchev–Trinajstić information content (AvgIpc) is 2.86. The van der Waals surface area contributed by atoms with E-state index in [1.807, 2.05) is 25.3 Å². The summed E-state index contributed by atoms with van der Waals surface area (Å²) < 4.78 is 0. The fourth-order valence-corrected chi connectivity index (χ4v) is 2.68. The highest BCUT2D eigenvalue weighted by Crippen LogP contribution is 2.15. The number of aryl methyl sites for hydroxylation is 1. The number of pyridine rings is 1. The lowest BCUT2D eigenvalue weighted by Crippen LogP contribution is -2.34. The van der Waals surface area contributed by atoms with Gasteiger partial charge in [-0.3, -0.25) is 14.6 Å². The number of ketones is 1. The van der Waals surface area contributed by atoms with Crippen molar-refractivity contribution in [2.45, 2.75) is 26.3 Å². The zero-order valence-electron chi connectivity index (χ0n) is 11.4. The molecule has 0 saturated heterocycles. The normalized spacial score (nSPS) is 11.9. The molecule has 0 spiro atoms. The van der Waals surface area contributed by atoms with E-state index in [2.05, 4.69) is 10.3 Å². The van der Waals surface area contributed by atoms with Crippen molar-refractivity contribution in [3.05, 3.63) is 52.0 Å². The number of carbonyl (C=O) groups excluding carboxylic acids is 2. The molecule has 0 aromatic carbocycles. The third-order valence-electron chi connectivity index (χ3n) is 2.89. The van der Waals surface area contributed by atoms with E-state index in [9.17, 15) is 9.59 Å². The van der Waals surface area contributed by atoms with Crippen LogP contribution < -0.4 is 5.32 Å². The molecule has 2 aromatic rings. The van der Waals surface area contributed by atoms with Gasteiger partial charge in [0.2, 0.25) is 0 Å². The first-order chi connectivity index (χ1) is 9.58. The van der Waals surface area contributed by atoms with E-state index >= 15 is 0 Å². The maximum atomic E-state index is 12.0. The van der Waals surface area contributed by atoms with Gasteiger partial charge in [0, 0.05) is 18.7 Å². The van der Waals surface area contributed by atoms with Crippen molar-refractivity contribution in [3.8, 4) is 0 Å². The average molecular weight is 288 g/mol. The molecule has 0 aliphatic heterocycles. The summed E-state index contributed by atoms with van der Waals surface area (Å²) in [6, 6.07) is 6.90. The summed E-state index contributed by atoms with van der Waals surface area (Å²) in [5.74, 6) is -0.194. The van der Waals surface area contributed by atoms with Crippen molar-refractivity contribution >= 4 is 23.0 Å². The molecular formula is C15H16N2O2S. The summed E-state index contributed by atoms with van der Waals surface area (Å²) in [5.41, 5.74) is 1.39. The fraction of sp³-hybridized carbons (Fsp3) is 0.267. The number of nitrogens with one attached hydrogen (secondary N) is 1. The zero-order valence-corrected chi connectivity index (χ0v) is 12.2. The van der Waals surface area contributed by atoms with E-state index in [1.54, 1.807) is 24.4 Å². The Morgan fingerprint density at radius 1 is 1.35 bits per heavy atom. The summed E-state index contributed by atoms with van der Waals surface area (Å²) in [4.78, 5) is 28.7. The van der Waals surface area contributed by atoms with Crippen molar-refractivity contribution in [2.24, 2.45) is 0 Å². The maximum Gasteiger partial charge on any atom is 0.261 e. The molecule has 1 atom stereocenters. The van der Waals surface area contributed by atoms with Crippen LogP contribution in [0.15, 0.2) is 35.8 Å². The molecule has 0 saturated carbocycles. The topological polar surface area (TPSA) is 59.1 Å². The van der Waals surface area contributed by atoms with Crippen LogP contribution in [0.1, 0.15) is 39.1 Å². The molecule has 2 rings (SSSR count). The quantitative estimate of drug-likeness (QED) is 0.861. The maximum absolute atomic E-state index is 12.0. The number of hydrogen-bond donors (Lipinski definition) is 1. The third kappa shape index (κ3) is 3.51. The van der Waals surface area contributed by atoms with Crippen LogP contribution in [0, 0.1) is 6.92 Å². The first-order valence-electron chi connectivity index (χ1n) is 6.37. The lowest BCUT2D eigenvalue weighted by molar-refractivity contribution is 0.0919. The van der Waals surface area contributed by atoms with Gasteiger partial charge in [-0.05, 0) is 43.0 Å².